The van der Waals surface area contributed by atoms with Crippen LogP contribution in [0.25, 0.3) is 0 Å². The number of hydrogen-bond donors (Lipinski definition) is 0. The van der Waals surface area contributed by atoms with Gasteiger partial charge in [0.25, 0.3) is 0 Å². The average Bonchev–Trinajstić information content (AvgIpc) is 2.12. The van der Waals surface area contributed by atoms with Crippen LogP contribution in [0.4, 0.5) is 0 Å². The Balaban J connectivity index is 5.08. The summed E-state index contributed by atoms with van der Waals surface area (Å²) in [6.45, 7) is 10.0. The molecule has 0 unspecified atom stereocenters. The molecule has 6 heteroatoms. The maximum absolute atomic E-state index is 12.3. The Kier molecular flexibility index (Phi) is 5.61. The van der Waals surface area contributed by atoms with E-state index in [9.17, 15) is 13.2 Å². The molecule has 0 aromatic carbocycles. The second kappa shape index (κ2) is 5.82. The molecule has 0 N–H and O–H groups in total. The Labute approximate surface area is 104 Å². The van der Waals surface area contributed by atoms with Gasteiger partial charge in [0, 0.05) is 6.04 Å². The largest absolute Gasteiger partial charge is 0.465 e. The molecule has 0 aliphatic carbocycles. The Bertz CT molecular complexity index is 354. The molecule has 0 fully saturated rings. The first kappa shape index (κ1) is 16.4. The molecule has 0 saturated heterocycles. The van der Waals surface area contributed by atoms with Crippen molar-refractivity contribution in [2.24, 2.45) is 0 Å². The van der Waals surface area contributed by atoms with E-state index in [1.807, 2.05) is 0 Å². The fourth-order valence-corrected chi connectivity index (χ4v) is 2.76. The smallest absolute Gasteiger partial charge is 0.321 e. The predicted molar refractivity (Wildman–Crippen MR) is 67.1 cm³/mol. The van der Waals surface area contributed by atoms with E-state index in [2.05, 4.69) is 0 Å². The van der Waals surface area contributed by atoms with Gasteiger partial charge in [-0.15, -0.1) is 0 Å². The maximum atomic E-state index is 12.3. The van der Waals surface area contributed by atoms with E-state index >= 15 is 0 Å². The lowest BCUT2D eigenvalue weighted by atomic mass is 10.3. The highest BCUT2D eigenvalue weighted by Gasteiger charge is 2.37. The van der Waals surface area contributed by atoms with Crippen LogP contribution in [-0.2, 0) is 19.6 Å². The van der Waals surface area contributed by atoms with E-state index in [1.165, 1.54) is 4.31 Å². The lowest BCUT2D eigenvalue weighted by molar-refractivity contribution is -0.143. The third-order valence-electron chi connectivity index (χ3n) is 2.25. The summed E-state index contributed by atoms with van der Waals surface area (Å²) in [5.74, 6) is -0.519. The van der Waals surface area contributed by atoms with Crippen LogP contribution in [0.1, 0.15) is 41.5 Å². The van der Waals surface area contributed by atoms with Crippen molar-refractivity contribution in [3.05, 3.63) is 0 Å². The van der Waals surface area contributed by atoms with Gasteiger partial charge in [0.1, 0.15) is 6.54 Å². The van der Waals surface area contributed by atoms with Crippen molar-refractivity contribution in [1.82, 2.24) is 4.31 Å². The third kappa shape index (κ3) is 4.27. The third-order valence-corrected chi connectivity index (χ3v) is 4.96. The van der Waals surface area contributed by atoms with Crippen LogP contribution in [0.3, 0.4) is 0 Å². The summed E-state index contributed by atoms with van der Waals surface area (Å²) >= 11 is 0. The summed E-state index contributed by atoms with van der Waals surface area (Å²) in [7, 11) is -3.52. The number of esters is 1. The summed E-state index contributed by atoms with van der Waals surface area (Å²) in [5.41, 5.74) is 0. The fraction of sp³-hybridized carbons (Fsp3) is 0.909. The molecule has 5 nitrogen and oxygen atoms in total. The average molecular weight is 265 g/mol. The zero-order valence-electron chi connectivity index (χ0n) is 11.5. The number of ether oxygens (including phenoxy) is 1. The first-order valence-corrected chi connectivity index (χ1v) is 7.15. The maximum Gasteiger partial charge on any atom is 0.321 e. The molecule has 0 atom stereocenters. The molecule has 0 aliphatic rings. The number of rotatable bonds is 5. The molecule has 0 bridgehead atoms. The van der Waals surface area contributed by atoms with Crippen molar-refractivity contribution in [3.63, 3.8) is 0 Å². The summed E-state index contributed by atoms with van der Waals surface area (Å²) in [6, 6.07) is -0.274. The van der Waals surface area contributed by atoms with Crippen molar-refractivity contribution >= 4 is 16.0 Å². The van der Waals surface area contributed by atoms with Crippen LogP contribution in [-0.4, -0.2) is 42.6 Å². The fourth-order valence-electron chi connectivity index (χ4n) is 1.23. The normalized spacial score (nSPS) is 13.2. The highest BCUT2D eigenvalue weighted by Crippen LogP contribution is 2.22. The summed E-state index contributed by atoms with van der Waals surface area (Å²) < 4.78 is 29.5. The van der Waals surface area contributed by atoms with Gasteiger partial charge in [-0.3, -0.25) is 4.79 Å². The van der Waals surface area contributed by atoms with E-state index in [0.29, 0.717) is 0 Å². The molecular formula is C11H23NO4S. The number of carbonyl (C=O) groups is 1. The lowest BCUT2D eigenvalue weighted by Gasteiger charge is -2.31. The monoisotopic (exact) mass is 265 g/mol. The quantitative estimate of drug-likeness (QED) is 0.705. The van der Waals surface area contributed by atoms with Gasteiger partial charge in [0.15, 0.2) is 0 Å². The van der Waals surface area contributed by atoms with Crippen molar-refractivity contribution in [3.8, 4) is 0 Å². The SMILES string of the molecule is CCOC(=O)CN(C(C)C)S(=O)(=O)C(C)(C)C. The summed E-state index contributed by atoms with van der Waals surface area (Å²) in [6.07, 6.45) is 0. The second-order valence-electron chi connectivity index (χ2n) is 5.06. The molecule has 0 saturated carbocycles. The van der Waals surface area contributed by atoms with Gasteiger partial charge in [-0.05, 0) is 41.5 Å². The highest BCUT2D eigenvalue weighted by molar-refractivity contribution is 7.90. The van der Waals surface area contributed by atoms with Gasteiger partial charge in [-0.1, -0.05) is 0 Å². The van der Waals surface area contributed by atoms with Crippen molar-refractivity contribution in [1.29, 1.82) is 0 Å². The van der Waals surface area contributed by atoms with E-state index < -0.39 is 20.7 Å². The molecule has 0 amide bonds. The minimum atomic E-state index is -3.52. The van der Waals surface area contributed by atoms with Crippen LogP contribution in [0.5, 0.6) is 0 Å². The number of nitrogens with zero attached hydrogens (tertiary/aromatic N) is 1. The topological polar surface area (TPSA) is 63.7 Å². The van der Waals surface area contributed by atoms with E-state index in [0.717, 1.165) is 0 Å². The molecular weight excluding hydrogens is 242 g/mol. The Hall–Kier alpha value is -0.620. The van der Waals surface area contributed by atoms with Crippen LogP contribution in [0.15, 0.2) is 0 Å². The van der Waals surface area contributed by atoms with Gasteiger partial charge in [0.2, 0.25) is 10.0 Å². The molecule has 17 heavy (non-hydrogen) atoms. The van der Waals surface area contributed by atoms with Crippen LogP contribution in [0, 0.1) is 0 Å². The summed E-state index contributed by atoms with van der Waals surface area (Å²) in [4.78, 5) is 11.4. The van der Waals surface area contributed by atoms with Gasteiger partial charge < -0.3 is 4.74 Å². The molecule has 0 aliphatic heterocycles. The Morgan fingerprint density at radius 3 is 2.06 bits per heavy atom. The van der Waals surface area contributed by atoms with Gasteiger partial charge in [-0.25, -0.2) is 8.42 Å². The summed E-state index contributed by atoms with van der Waals surface area (Å²) in [5, 5.41) is 0. The Morgan fingerprint density at radius 2 is 1.76 bits per heavy atom. The van der Waals surface area contributed by atoms with Gasteiger partial charge in [0.05, 0.1) is 11.4 Å². The number of hydrogen-bond acceptors (Lipinski definition) is 4. The molecule has 0 radical (unpaired) electrons. The Morgan fingerprint density at radius 1 is 1.29 bits per heavy atom. The zero-order chi connectivity index (χ0) is 13.9. The first-order valence-electron chi connectivity index (χ1n) is 5.71. The van der Waals surface area contributed by atoms with Crippen LogP contribution in [0.2, 0.25) is 0 Å². The van der Waals surface area contributed by atoms with Crippen molar-refractivity contribution in [2.75, 3.05) is 13.2 Å². The van der Waals surface area contributed by atoms with E-state index in [-0.39, 0.29) is 19.2 Å². The lowest BCUT2D eigenvalue weighted by Crippen LogP contribution is -2.48. The molecule has 0 heterocycles. The second-order valence-corrected chi connectivity index (χ2v) is 7.71. The van der Waals surface area contributed by atoms with E-state index in [4.69, 9.17) is 4.74 Å². The molecule has 102 valence electrons. The van der Waals surface area contributed by atoms with Crippen LogP contribution < -0.4 is 0 Å². The predicted octanol–water partition coefficient (Wildman–Crippen LogP) is 1.39. The van der Waals surface area contributed by atoms with E-state index in [1.54, 1.807) is 41.5 Å². The molecule has 0 spiro atoms. The minimum Gasteiger partial charge on any atom is -0.465 e. The standard InChI is InChI=1S/C11H23NO4S/c1-7-16-10(13)8-12(9(2)3)17(14,15)11(4,5)6/h9H,7-8H2,1-6H3. The first-order chi connectivity index (χ1) is 7.54. The van der Waals surface area contributed by atoms with Crippen LogP contribution >= 0.6 is 0 Å². The van der Waals surface area contributed by atoms with Crippen molar-refractivity contribution < 1.29 is 17.9 Å². The number of carbonyl (C=O) groups excluding carboxylic acids is 1. The zero-order valence-corrected chi connectivity index (χ0v) is 12.3. The molecule has 0 aromatic heterocycles. The van der Waals surface area contributed by atoms with Crippen molar-refractivity contribution in [2.45, 2.75) is 52.3 Å². The molecule has 0 rings (SSSR count). The molecule has 0 aromatic rings. The number of sulfonamides is 1. The van der Waals surface area contributed by atoms with Gasteiger partial charge >= 0.3 is 5.97 Å². The minimum absolute atomic E-state index is 0.231. The highest BCUT2D eigenvalue weighted by atomic mass is 32.2. The van der Waals surface area contributed by atoms with Gasteiger partial charge in [-0.2, -0.15) is 4.31 Å².